The minimum atomic E-state index is 1.11. The van der Waals surface area contributed by atoms with Gasteiger partial charge in [-0.3, -0.25) is 0 Å². The molecule has 12 aromatic rings. The molecular formula is C64H44N2. The van der Waals surface area contributed by atoms with Gasteiger partial charge in [0.2, 0.25) is 0 Å². The first kappa shape index (κ1) is 38.9. The van der Waals surface area contributed by atoms with Crippen molar-refractivity contribution in [3.63, 3.8) is 0 Å². The van der Waals surface area contributed by atoms with Crippen LogP contribution in [-0.4, -0.2) is 4.57 Å². The Morgan fingerprint density at radius 3 is 1.41 bits per heavy atom. The van der Waals surface area contributed by atoms with E-state index in [4.69, 9.17) is 0 Å². The summed E-state index contributed by atoms with van der Waals surface area (Å²) in [7, 11) is 0. The average Bonchev–Trinajstić information content (AvgIpc) is 3.73. The summed E-state index contributed by atoms with van der Waals surface area (Å²) in [6.07, 6.45) is 0. The van der Waals surface area contributed by atoms with Gasteiger partial charge >= 0.3 is 0 Å². The molecule has 0 fully saturated rings. The number of hydrogen-bond donors (Lipinski definition) is 0. The molecule has 0 saturated carbocycles. The lowest BCUT2D eigenvalue weighted by atomic mass is 9.96. The lowest BCUT2D eigenvalue weighted by Gasteiger charge is -2.26. The van der Waals surface area contributed by atoms with E-state index in [9.17, 15) is 0 Å². The molecule has 310 valence electrons. The van der Waals surface area contributed by atoms with Gasteiger partial charge in [-0.15, -0.1) is 0 Å². The SMILES string of the molecule is c1ccc(-c2ccc(N(c3ccccc3)c3cccc(-c4ccc(-c5ccc6c(c5)c5ccccc5n6-c5cc(-c6ccccc6)cc(-c6ccc7ccccc7c6)c5)cc4)c3)cc2)cc1. The summed E-state index contributed by atoms with van der Waals surface area (Å²) in [5.41, 5.74) is 18.7. The van der Waals surface area contributed by atoms with Gasteiger partial charge < -0.3 is 9.47 Å². The third kappa shape index (κ3) is 7.31. The molecule has 0 N–H and O–H groups in total. The predicted molar refractivity (Wildman–Crippen MR) is 280 cm³/mol. The molecule has 0 aliphatic rings. The van der Waals surface area contributed by atoms with Crippen molar-refractivity contribution >= 4 is 49.6 Å². The van der Waals surface area contributed by atoms with Gasteiger partial charge in [-0.25, -0.2) is 0 Å². The number of rotatable bonds is 9. The summed E-state index contributed by atoms with van der Waals surface area (Å²) in [6.45, 7) is 0. The molecule has 0 radical (unpaired) electrons. The van der Waals surface area contributed by atoms with Crippen molar-refractivity contribution in [3.05, 3.63) is 267 Å². The maximum absolute atomic E-state index is 2.44. The van der Waals surface area contributed by atoms with Crippen LogP contribution < -0.4 is 4.90 Å². The number of anilines is 3. The van der Waals surface area contributed by atoms with E-state index in [1.165, 1.54) is 88.2 Å². The van der Waals surface area contributed by atoms with Crippen LogP contribution in [0, 0.1) is 0 Å². The van der Waals surface area contributed by atoms with Gasteiger partial charge in [0, 0.05) is 33.5 Å². The van der Waals surface area contributed by atoms with Crippen molar-refractivity contribution in [2.24, 2.45) is 0 Å². The number of nitrogens with zero attached hydrogens (tertiary/aromatic N) is 2. The molecule has 1 heterocycles. The summed E-state index contributed by atoms with van der Waals surface area (Å²) in [5, 5.41) is 4.95. The van der Waals surface area contributed by atoms with Crippen LogP contribution in [0.1, 0.15) is 0 Å². The van der Waals surface area contributed by atoms with E-state index in [-0.39, 0.29) is 0 Å². The Kier molecular flexibility index (Phi) is 9.89. The molecule has 0 saturated heterocycles. The fourth-order valence-corrected chi connectivity index (χ4v) is 9.64. The molecule has 12 rings (SSSR count). The first-order valence-corrected chi connectivity index (χ1v) is 22.7. The lowest BCUT2D eigenvalue weighted by molar-refractivity contribution is 1.18. The van der Waals surface area contributed by atoms with E-state index >= 15 is 0 Å². The van der Waals surface area contributed by atoms with Crippen LogP contribution in [0.25, 0.3) is 93.9 Å². The Bertz CT molecular complexity index is 3660. The molecule has 11 aromatic carbocycles. The van der Waals surface area contributed by atoms with E-state index < -0.39 is 0 Å². The highest BCUT2D eigenvalue weighted by molar-refractivity contribution is 6.10. The average molecular weight is 841 g/mol. The first-order valence-electron chi connectivity index (χ1n) is 22.7. The number of para-hydroxylation sites is 2. The molecule has 1 aromatic heterocycles. The minimum Gasteiger partial charge on any atom is -0.310 e. The van der Waals surface area contributed by atoms with E-state index in [1.807, 2.05) is 0 Å². The minimum absolute atomic E-state index is 1.11. The highest BCUT2D eigenvalue weighted by Crippen LogP contribution is 2.40. The highest BCUT2D eigenvalue weighted by Gasteiger charge is 2.17. The molecule has 0 unspecified atom stereocenters. The number of benzene rings is 11. The monoisotopic (exact) mass is 840 g/mol. The van der Waals surface area contributed by atoms with Crippen molar-refractivity contribution in [1.29, 1.82) is 0 Å². The van der Waals surface area contributed by atoms with Gasteiger partial charge in [-0.2, -0.15) is 0 Å². The van der Waals surface area contributed by atoms with E-state index in [1.54, 1.807) is 0 Å². The molecule has 0 spiro atoms. The van der Waals surface area contributed by atoms with Crippen molar-refractivity contribution in [2.75, 3.05) is 4.90 Å². The van der Waals surface area contributed by atoms with Crippen molar-refractivity contribution in [2.45, 2.75) is 0 Å². The topological polar surface area (TPSA) is 8.17 Å². The Morgan fingerprint density at radius 1 is 0.227 bits per heavy atom. The zero-order chi connectivity index (χ0) is 43.8. The second kappa shape index (κ2) is 16.8. The van der Waals surface area contributed by atoms with Crippen LogP contribution in [0.3, 0.4) is 0 Å². The van der Waals surface area contributed by atoms with Crippen molar-refractivity contribution < 1.29 is 0 Å². The normalized spacial score (nSPS) is 11.3. The fraction of sp³-hybridized carbons (Fsp3) is 0. The molecule has 66 heavy (non-hydrogen) atoms. The van der Waals surface area contributed by atoms with E-state index in [2.05, 4.69) is 276 Å². The second-order valence-corrected chi connectivity index (χ2v) is 17.0. The molecule has 0 aliphatic carbocycles. The van der Waals surface area contributed by atoms with Crippen LogP contribution in [0.15, 0.2) is 267 Å². The van der Waals surface area contributed by atoms with Gasteiger partial charge in [0.15, 0.2) is 0 Å². The molecule has 0 bridgehead atoms. The van der Waals surface area contributed by atoms with E-state index in [0.29, 0.717) is 0 Å². The Hall–Kier alpha value is -8.72. The maximum atomic E-state index is 2.44. The largest absolute Gasteiger partial charge is 0.310 e. The quantitative estimate of drug-likeness (QED) is 0.141. The zero-order valence-electron chi connectivity index (χ0n) is 36.3. The predicted octanol–water partition coefficient (Wildman–Crippen LogP) is 17.7. The van der Waals surface area contributed by atoms with Gasteiger partial charge in [0.25, 0.3) is 0 Å². The second-order valence-electron chi connectivity index (χ2n) is 17.0. The van der Waals surface area contributed by atoms with Crippen molar-refractivity contribution in [1.82, 2.24) is 4.57 Å². The fourth-order valence-electron chi connectivity index (χ4n) is 9.64. The summed E-state index contributed by atoms with van der Waals surface area (Å²) in [6, 6.07) is 96.9. The standard InChI is InChI=1S/C64H44N2/c1-4-15-45(16-5-1)48-33-36-58(37-34-48)65(57-22-8-3-9-23-57)59-24-14-21-52(41-59)49-27-29-50(30-28-49)54-35-38-64-62(44-54)61-25-12-13-26-63(61)66(64)60-42-55(46-17-6-2-7-18-46)40-56(43-60)53-32-31-47-19-10-11-20-51(47)39-53/h1-44H. The van der Waals surface area contributed by atoms with Gasteiger partial charge in [-0.05, 0) is 145 Å². The summed E-state index contributed by atoms with van der Waals surface area (Å²) in [5.74, 6) is 0. The molecule has 0 aliphatic heterocycles. The van der Waals surface area contributed by atoms with Crippen LogP contribution in [0.5, 0.6) is 0 Å². The summed E-state index contributed by atoms with van der Waals surface area (Å²) >= 11 is 0. The molecule has 2 heteroatoms. The molecular weight excluding hydrogens is 797 g/mol. The Labute approximate surface area is 385 Å². The van der Waals surface area contributed by atoms with Gasteiger partial charge in [-0.1, -0.05) is 188 Å². The van der Waals surface area contributed by atoms with Gasteiger partial charge in [0.1, 0.15) is 0 Å². The van der Waals surface area contributed by atoms with Crippen LogP contribution in [0.4, 0.5) is 17.1 Å². The van der Waals surface area contributed by atoms with E-state index in [0.717, 1.165) is 22.7 Å². The summed E-state index contributed by atoms with van der Waals surface area (Å²) < 4.78 is 2.44. The van der Waals surface area contributed by atoms with Crippen LogP contribution >= 0.6 is 0 Å². The third-order valence-electron chi connectivity index (χ3n) is 12.9. The van der Waals surface area contributed by atoms with Gasteiger partial charge in [0.05, 0.1) is 11.0 Å². The smallest absolute Gasteiger partial charge is 0.0541 e. The Balaban J connectivity index is 0.901. The van der Waals surface area contributed by atoms with Crippen molar-refractivity contribution in [3.8, 4) is 61.3 Å². The first-order chi connectivity index (χ1) is 32.7. The van der Waals surface area contributed by atoms with Crippen LogP contribution in [0.2, 0.25) is 0 Å². The highest BCUT2D eigenvalue weighted by atomic mass is 15.1. The number of hydrogen-bond acceptors (Lipinski definition) is 1. The summed E-state index contributed by atoms with van der Waals surface area (Å²) in [4.78, 5) is 2.33. The molecule has 0 amide bonds. The van der Waals surface area contributed by atoms with Crippen LogP contribution in [-0.2, 0) is 0 Å². The molecule has 2 nitrogen and oxygen atoms in total. The zero-order valence-corrected chi connectivity index (χ0v) is 36.3. The maximum Gasteiger partial charge on any atom is 0.0541 e. The Morgan fingerprint density at radius 2 is 0.682 bits per heavy atom. The number of fused-ring (bicyclic) bond motifs is 4. The lowest BCUT2D eigenvalue weighted by Crippen LogP contribution is -2.09. The molecule has 0 atom stereocenters. The number of aromatic nitrogens is 1. The third-order valence-corrected chi connectivity index (χ3v) is 12.9.